The number of hydrogen-bond acceptors (Lipinski definition) is 2. The highest BCUT2D eigenvalue weighted by molar-refractivity contribution is 14.0. The molecule has 0 amide bonds. The smallest absolute Gasteiger partial charge is 0.191 e. The van der Waals surface area contributed by atoms with E-state index in [1.54, 1.807) is 0 Å². The molecule has 1 aliphatic heterocycles. The number of piperidine rings is 1. The molecule has 1 aliphatic rings. The minimum absolute atomic E-state index is 0. The predicted molar refractivity (Wildman–Crippen MR) is 88.7 cm³/mol. The molecule has 2 rings (SSSR count). The van der Waals surface area contributed by atoms with Gasteiger partial charge in [-0.05, 0) is 31.7 Å². The first-order valence-corrected chi connectivity index (χ1v) is 6.60. The molecule has 1 saturated heterocycles. The van der Waals surface area contributed by atoms with Crippen molar-refractivity contribution in [2.24, 2.45) is 23.7 Å². The molecule has 0 spiro atoms. The zero-order valence-corrected chi connectivity index (χ0v) is 14.3. The maximum Gasteiger partial charge on any atom is 0.191 e. The van der Waals surface area contributed by atoms with Crippen LogP contribution in [0.25, 0.3) is 0 Å². The Morgan fingerprint density at radius 1 is 1.58 bits per heavy atom. The third kappa shape index (κ3) is 4.36. The molecule has 0 bridgehead atoms. The monoisotopic (exact) mass is 377 g/mol. The van der Waals surface area contributed by atoms with Crippen LogP contribution in [0.5, 0.6) is 0 Å². The van der Waals surface area contributed by atoms with E-state index in [4.69, 9.17) is 5.73 Å². The Kier molecular flexibility index (Phi) is 6.09. The van der Waals surface area contributed by atoms with E-state index in [2.05, 4.69) is 28.0 Å². The largest absolute Gasteiger partial charge is 0.370 e. The number of aliphatic imine (C=N–C) groups is 1. The standard InChI is InChI=1S/C13H23N5.HI/c1-10-5-4-6-18(9-10)13(14)15-8-12-7-11(2)16-17(12)3;/h7,10H,4-6,8-9H2,1-3H3,(H2,14,15);1H. The van der Waals surface area contributed by atoms with Crippen molar-refractivity contribution >= 4 is 29.9 Å². The minimum Gasteiger partial charge on any atom is -0.370 e. The Morgan fingerprint density at radius 2 is 2.32 bits per heavy atom. The summed E-state index contributed by atoms with van der Waals surface area (Å²) in [6, 6.07) is 2.05. The molecule has 108 valence electrons. The van der Waals surface area contributed by atoms with E-state index in [0.717, 1.165) is 24.5 Å². The molecule has 6 heteroatoms. The van der Waals surface area contributed by atoms with Crippen LogP contribution in [0.2, 0.25) is 0 Å². The second kappa shape index (κ2) is 7.12. The van der Waals surface area contributed by atoms with Crippen LogP contribution in [0.15, 0.2) is 11.1 Å². The molecule has 1 aromatic rings. The molecule has 1 aromatic heterocycles. The van der Waals surface area contributed by atoms with Crippen molar-refractivity contribution in [3.63, 3.8) is 0 Å². The van der Waals surface area contributed by atoms with Gasteiger partial charge in [0, 0.05) is 20.1 Å². The zero-order valence-electron chi connectivity index (χ0n) is 12.0. The van der Waals surface area contributed by atoms with Gasteiger partial charge >= 0.3 is 0 Å². The van der Waals surface area contributed by atoms with Gasteiger partial charge in [-0.15, -0.1) is 24.0 Å². The van der Waals surface area contributed by atoms with Crippen LogP contribution in [-0.2, 0) is 13.6 Å². The number of hydrogen-bond donors (Lipinski definition) is 1. The fourth-order valence-corrected chi connectivity index (χ4v) is 2.47. The number of halogens is 1. The van der Waals surface area contributed by atoms with E-state index in [1.807, 2.05) is 18.7 Å². The predicted octanol–water partition coefficient (Wildman–Crippen LogP) is 1.89. The van der Waals surface area contributed by atoms with Crippen LogP contribution in [-0.4, -0.2) is 33.7 Å². The van der Waals surface area contributed by atoms with Crippen LogP contribution >= 0.6 is 24.0 Å². The molecule has 1 fully saturated rings. The molecule has 2 heterocycles. The molecule has 1 unspecified atom stereocenters. The fourth-order valence-electron chi connectivity index (χ4n) is 2.47. The van der Waals surface area contributed by atoms with Crippen LogP contribution in [0.4, 0.5) is 0 Å². The van der Waals surface area contributed by atoms with Gasteiger partial charge < -0.3 is 10.6 Å². The van der Waals surface area contributed by atoms with E-state index in [1.165, 1.54) is 12.8 Å². The Bertz CT molecular complexity index is 440. The highest BCUT2D eigenvalue weighted by Gasteiger charge is 2.17. The first-order valence-electron chi connectivity index (χ1n) is 6.60. The number of aromatic nitrogens is 2. The van der Waals surface area contributed by atoms with Gasteiger partial charge in [-0.25, -0.2) is 4.99 Å². The molecule has 2 N–H and O–H groups in total. The Hall–Kier alpha value is -0.790. The van der Waals surface area contributed by atoms with Gasteiger partial charge in [-0.3, -0.25) is 4.68 Å². The maximum absolute atomic E-state index is 6.06. The average Bonchev–Trinajstić information content (AvgIpc) is 2.65. The molecule has 0 aromatic carbocycles. The number of guanidine groups is 1. The van der Waals surface area contributed by atoms with E-state index < -0.39 is 0 Å². The van der Waals surface area contributed by atoms with Crippen molar-refractivity contribution < 1.29 is 0 Å². The Balaban J connectivity index is 0.00000180. The summed E-state index contributed by atoms with van der Waals surface area (Å²) in [5.41, 5.74) is 8.18. The lowest BCUT2D eigenvalue weighted by Gasteiger charge is -2.31. The Labute approximate surface area is 132 Å². The van der Waals surface area contributed by atoms with Crippen molar-refractivity contribution in [2.45, 2.75) is 33.2 Å². The molecule has 0 aliphatic carbocycles. The van der Waals surface area contributed by atoms with Gasteiger partial charge in [-0.1, -0.05) is 6.92 Å². The summed E-state index contributed by atoms with van der Waals surface area (Å²) in [6.07, 6.45) is 2.51. The summed E-state index contributed by atoms with van der Waals surface area (Å²) >= 11 is 0. The van der Waals surface area contributed by atoms with Gasteiger partial charge in [0.25, 0.3) is 0 Å². The molecular weight excluding hydrogens is 353 g/mol. The molecule has 5 nitrogen and oxygen atoms in total. The number of rotatable bonds is 2. The topological polar surface area (TPSA) is 59.4 Å². The lowest BCUT2D eigenvalue weighted by molar-refractivity contribution is 0.270. The summed E-state index contributed by atoms with van der Waals surface area (Å²) in [6.45, 7) is 6.92. The van der Waals surface area contributed by atoms with E-state index in [0.29, 0.717) is 18.4 Å². The summed E-state index contributed by atoms with van der Waals surface area (Å²) in [5.74, 6) is 1.38. The van der Waals surface area contributed by atoms with E-state index in [-0.39, 0.29) is 24.0 Å². The van der Waals surface area contributed by atoms with E-state index in [9.17, 15) is 0 Å². The number of nitrogens with two attached hydrogens (primary N) is 1. The van der Waals surface area contributed by atoms with Crippen LogP contribution in [0.3, 0.4) is 0 Å². The first-order chi connectivity index (χ1) is 8.56. The second-order valence-electron chi connectivity index (χ2n) is 5.27. The maximum atomic E-state index is 6.06. The van der Waals surface area contributed by atoms with Crippen molar-refractivity contribution in [3.8, 4) is 0 Å². The summed E-state index contributed by atoms with van der Waals surface area (Å²) in [4.78, 5) is 6.68. The van der Waals surface area contributed by atoms with Gasteiger partial charge in [0.1, 0.15) is 0 Å². The highest BCUT2D eigenvalue weighted by atomic mass is 127. The summed E-state index contributed by atoms with van der Waals surface area (Å²) in [7, 11) is 1.94. The van der Waals surface area contributed by atoms with Crippen LogP contribution in [0, 0.1) is 12.8 Å². The van der Waals surface area contributed by atoms with Crippen LogP contribution < -0.4 is 5.73 Å². The molecular formula is C13H24IN5. The molecule has 1 atom stereocenters. The lowest BCUT2D eigenvalue weighted by Crippen LogP contribution is -2.43. The summed E-state index contributed by atoms with van der Waals surface area (Å²) in [5, 5.41) is 4.31. The first kappa shape index (κ1) is 16.3. The van der Waals surface area contributed by atoms with Crippen molar-refractivity contribution in [1.29, 1.82) is 0 Å². The van der Waals surface area contributed by atoms with Crippen molar-refractivity contribution in [1.82, 2.24) is 14.7 Å². The summed E-state index contributed by atoms with van der Waals surface area (Å²) < 4.78 is 1.87. The van der Waals surface area contributed by atoms with Gasteiger partial charge in [0.15, 0.2) is 5.96 Å². The minimum atomic E-state index is 0. The Morgan fingerprint density at radius 3 is 2.89 bits per heavy atom. The van der Waals surface area contributed by atoms with Gasteiger partial charge in [0.05, 0.1) is 17.9 Å². The van der Waals surface area contributed by atoms with Gasteiger partial charge in [0.2, 0.25) is 0 Å². The second-order valence-corrected chi connectivity index (χ2v) is 5.27. The number of aryl methyl sites for hydroxylation is 2. The number of nitrogens with zero attached hydrogens (tertiary/aromatic N) is 4. The third-order valence-electron chi connectivity index (χ3n) is 3.48. The highest BCUT2D eigenvalue weighted by Crippen LogP contribution is 2.15. The van der Waals surface area contributed by atoms with E-state index >= 15 is 0 Å². The molecule has 0 saturated carbocycles. The van der Waals surface area contributed by atoms with Gasteiger partial charge in [-0.2, -0.15) is 5.10 Å². The lowest BCUT2D eigenvalue weighted by atomic mass is 10.0. The normalized spacial score (nSPS) is 20.3. The zero-order chi connectivity index (χ0) is 13.1. The fraction of sp³-hybridized carbons (Fsp3) is 0.692. The SMILES string of the molecule is Cc1cc(CN=C(N)N2CCCC(C)C2)n(C)n1.I. The molecule has 19 heavy (non-hydrogen) atoms. The van der Waals surface area contributed by atoms with Crippen molar-refractivity contribution in [3.05, 3.63) is 17.5 Å². The third-order valence-corrected chi connectivity index (χ3v) is 3.48. The molecule has 0 radical (unpaired) electrons. The van der Waals surface area contributed by atoms with Crippen LogP contribution in [0.1, 0.15) is 31.2 Å². The quantitative estimate of drug-likeness (QED) is 0.487. The number of likely N-dealkylation sites (tertiary alicyclic amines) is 1. The van der Waals surface area contributed by atoms with Crippen molar-refractivity contribution in [2.75, 3.05) is 13.1 Å². The average molecular weight is 377 g/mol.